The predicted molar refractivity (Wildman–Crippen MR) is 108 cm³/mol. The molecule has 0 aromatic heterocycles. The Morgan fingerprint density at radius 2 is 1.69 bits per heavy atom. The van der Waals surface area contributed by atoms with Gasteiger partial charge in [-0.2, -0.15) is 0 Å². The van der Waals surface area contributed by atoms with Crippen molar-refractivity contribution in [1.82, 2.24) is 0 Å². The average molecular weight is 382 g/mol. The molecule has 0 radical (unpaired) electrons. The number of thiocarbonyl (C=S) groups is 1. The van der Waals surface area contributed by atoms with Crippen molar-refractivity contribution in [1.29, 1.82) is 0 Å². The normalized spacial score (nSPS) is 15.4. The summed E-state index contributed by atoms with van der Waals surface area (Å²) in [6.07, 6.45) is 2.52. The van der Waals surface area contributed by atoms with Gasteiger partial charge in [-0.15, -0.1) is 0 Å². The first kappa shape index (κ1) is 18.0. The summed E-state index contributed by atoms with van der Waals surface area (Å²) in [5.41, 5.74) is 2.69. The number of carbonyl (C=O) groups is 3. The van der Waals surface area contributed by atoms with E-state index < -0.39 is 0 Å². The molecule has 0 spiro atoms. The number of nitrogens with one attached hydrogen (secondary N) is 1. The number of aldehydes is 1. The van der Waals surface area contributed by atoms with Gasteiger partial charge in [0.2, 0.25) is 5.91 Å². The number of benzene rings is 2. The Balaban J connectivity index is 1.82. The standard InChI is InChI=1S/C19H14N2O3S2/c1-12(23)20-15-6-8-16(9-7-15)21-18(24)17(26-19(21)25)10-13-2-4-14(11-22)5-3-13/h2-11H,1H3,(H,20,23)/b17-10+. The van der Waals surface area contributed by atoms with Crippen LogP contribution in [-0.4, -0.2) is 22.4 Å². The van der Waals surface area contributed by atoms with E-state index in [4.69, 9.17) is 12.2 Å². The fourth-order valence-electron chi connectivity index (χ4n) is 2.41. The van der Waals surface area contributed by atoms with Gasteiger partial charge in [-0.25, -0.2) is 0 Å². The molecule has 2 amide bonds. The quantitative estimate of drug-likeness (QED) is 0.494. The van der Waals surface area contributed by atoms with E-state index >= 15 is 0 Å². The van der Waals surface area contributed by atoms with Gasteiger partial charge in [0.25, 0.3) is 5.91 Å². The second-order valence-corrected chi connectivity index (χ2v) is 7.21. The van der Waals surface area contributed by atoms with Gasteiger partial charge in [0.1, 0.15) is 6.29 Å². The molecule has 1 N–H and O–H groups in total. The third-order valence-corrected chi connectivity index (χ3v) is 4.91. The van der Waals surface area contributed by atoms with Crippen molar-refractivity contribution in [2.75, 3.05) is 10.2 Å². The number of anilines is 2. The molecule has 1 heterocycles. The molecule has 7 heteroatoms. The third kappa shape index (κ3) is 3.89. The van der Waals surface area contributed by atoms with Crippen molar-refractivity contribution in [2.24, 2.45) is 0 Å². The Morgan fingerprint density at radius 1 is 1.08 bits per heavy atom. The lowest BCUT2D eigenvalue weighted by atomic mass is 10.1. The largest absolute Gasteiger partial charge is 0.326 e. The minimum atomic E-state index is -0.202. The highest BCUT2D eigenvalue weighted by molar-refractivity contribution is 8.27. The molecule has 5 nitrogen and oxygen atoms in total. The topological polar surface area (TPSA) is 66.5 Å². The second-order valence-electron chi connectivity index (χ2n) is 5.53. The summed E-state index contributed by atoms with van der Waals surface area (Å²) in [6.45, 7) is 1.43. The summed E-state index contributed by atoms with van der Waals surface area (Å²) >= 11 is 6.57. The van der Waals surface area contributed by atoms with Crippen LogP contribution in [0, 0.1) is 0 Å². The van der Waals surface area contributed by atoms with Crippen molar-refractivity contribution in [3.8, 4) is 0 Å². The minimum Gasteiger partial charge on any atom is -0.326 e. The summed E-state index contributed by atoms with van der Waals surface area (Å²) in [5, 5.41) is 2.68. The van der Waals surface area contributed by atoms with E-state index in [1.54, 1.807) is 54.6 Å². The molecule has 0 aliphatic carbocycles. The number of thioether (sulfide) groups is 1. The van der Waals surface area contributed by atoms with Gasteiger partial charge in [0.05, 0.1) is 10.6 Å². The fourth-order valence-corrected chi connectivity index (χ4v) is 3.71. The van der Waals surface area contributed by atoms with Crippen LogP contribution in [0.4, 0.5) is 11.4 Å². The number of hydrogen-bond acceptors (Lipinski definition) is 5. The van der Waals surface area contributed by atoms with Gasteiger partial charge < -0.3 is 5.32 Å². The maximum atomic E-state index is 12.7. The van der Waals surface area contributed by atoms with E-state index in [0.717, 1.165) is 11.8 Å². The molecule has 1 fully saturated rings. The summed E-state index contributed by atoms with van der Waals surface area (Å²) < 4.78 is 0.443. The van der Waals surface area contributed by atoms with E-state index in [2.05, 4.69) is 5.32 Å². The van der Waals surface area contributed by atoms with Crippen LogP contribution in [0.15, 0.2) is 53.4 Å². The lowest BCUT2D eigenvalue weighted by molar-refractivity contribution is -0.114. The predicted octanol–water partition coefficient (Wildman–Crippen LogP) is 3.86. The van der Waals surface area contributed by atoms with Crippen LogP contribution in [0.3, 0.4) is 0 Å². The molecular weight excluding hydrogens is 368 g/mol. The molecule has 0 atom stereocenters. The average Bonchev–Trinajstić information content (AvgIpc) is 2.89. The maximum Gasteiger partial charge on any atom is 0.270 e. The highest BCUT2D eigenvalue weighted by Gasteiger charge is 2.33. The molecule has 2 aromatic carbocycles. The smallest absolute Gasteiger partial charge is 0.270 e. The van der Waals surface area contributed by atoms with Crippen LogP contribution in [-0.2, 0) is 9.59 Å². The van der Waals surface area contributed by atoms with Crippen molar-refractivity contribution in [2.45, 2.75) is 6.92 Å². The zero-order valence-corrected chi connectivity index (χ0v) is 15.4. The first-order chi connectivity index (χ1) is 12.5. The zero-order valence-electron chi connectivity index (χ0n) is 13.8. The maximum absolute atomic E-state index is 12.7. The first-order valence-electron chi connectivity index (χ1n) is 7.69. The number of rotatable bonds is 4. The molecule has 1 aliphatic heterocycles. The Kier molecular flexibility index (Phi) is 5.29. The van der Waals surface area contributed by atoms with Crippen LogP contribution in [0.25, 0.3) is 6.08 Å². The molecule has 2 aromatic rings. The molecule has 130 valence electrons. The molecular formula is C19H14N2O3S2. The lowest BCUT2D eigenvalue weighted by Crippen LogP contribution is -2.27. The van der Waals surface area contributed by atoms with Crippen LogP contribution in [0.1, 0.15) is 22.8 Å². The van der Waals surface area contributed by atoms with Gasteiger partial charge in [-0.05, 0) is 35.9 Å². The molecule has 26 heavy (non-hydrogen) atoms. The zero-order chi connectivity index (χ0) is 18.7. The molecule has 0 unspecified atom stereocenters. The fraction of sp³-hybridized carbons (Fsp3) is 0.0526. The van der Waals surface area contributed by atoms with E-state index in [1.165, 1.54) is 23.6 Å². The minimum absolute atomic E-state index is 0.160. The third-order valence-electron chi connectivity index (χ3n) is 3.61. The van der Waals surface area contributed by atoms with E-state index in [1.807, 2.05) is 0 Å². The first-order valence-corrected chi connectivity index (χ1v) is 8.91. The number of carbonyl (C=O) groups excluding carboxylic acids is 3. The molecule has 0 bridgehead atoms. The second kappa shape index (κ2) is 7.63. The molecule has 1 saturated heterocycles. The van der Waals surface area contributed by atoms with E-state index in [-0.39, 0.29) is 11.8 Å². The summed E-state index contributed by atoms with van der Waals surface area (Å²) in [5.74, 6) is -0.362. The Morgan fingerprint density at radius 3 is 2.27 bits per heavy atom. The summed E-state index contributed by atoms with van der Waals surface area (Å²) in [7, 11) is 0. The van der Waals surface area contributed by atoms with Gasteiger partial charge >= 0.3 is 0 Å². The van der Waals surface area contributed by atoms with E-state index in [0.29, 0.717) is 26.2 Å². The van der Waals surface area contributed by atoms with Crippen LogP contribution in [0.5, 0.6) is 0 Å². The van der Waals surface area contributed by atoms with Gasteiger partial charge in [-0.3, -0.25) is 19.3 Å². The number of hydrogen-bond donors (Lipinski definition) is 1. The monoisotopic (exact) mass is 382 g/mol. The highest BCUT2D eigenvalue weighted by Crippen LogP contribution is 2.36. The van der Waals surface area contributed by atoms with Gasteiger partial charge in [0, 0.05) is 18.2 Å². The Labute approximate surface area is 160 Å². The van der Waals surface area contributed by atoms with Crippen molar-refractivity contribution >= 4 is 63.9 Å². The van der Waals surface area contributed by atoms with E-state index in [9.17, 15) is 14.4 Å². The number of nitrogens with zero attached hydrogens (tertiary/aromatic N) is 1. The number of amides is 2. The molecule has 1 aliphatic rings. The molecule has 3 rings (SSSR count). The van der Waals surface area contributed by atoms with Crippen LogP contribution in [0.2, 0.25) is 0 Å². The van der Waals surface area contributed by atoms with Crippen molar-refractivity contribution in [3.05, 3.63) is 64.6 Å². The van der Waals surface area contributed by atoms with Crippen molar-refractivity contribution in [3.63, 3.8) is 0 Å². The van der Waals surface area contributed by atoms with Crippen molar-refractivity contribution < 1.29 is 14.4 Å². The Hall–Kier alpha value is -2.77. The SMILES string of the molecule is CC(=O)Nc1ccc(N2C(=O)/C(=C\c3ccc(C=O)cc3)SC2=S)cc1. The lowest BCUT2D eigenvalue weighted by Gasteiger charge is -2.15. The molecule has 0 saturated carbocycles. The van der Waals surface area contributed by atoms with Gasteiger partial charge in [0.15, 0.2) is 4.32 Å². The summed E-state index contributed by atoms with van der Waals surface area (Å²) in [4.78, 5) is 36.5. The summed E-state index contributed by atoms with van der Waals surface area (Å²) in [6, 6.07) is 13.8. The Bertz CT molecular complexity index is 919. The van der Waals surface area contributed by atoms with Gasteiger partial charge in [-0.1, -0.05) is 48.2 Å². The van der Waals surface area contributed by atoms with Crippen LogP contribution >= 0.6 is 24.0 Å². The highest BCUT2D eigenvalue weighted by atomic mass is 32.2. The van der Waals surface area contributed by atoms with Crippen LogP contribution < -0.4 is 10.2 Å².